The SMILES string of the molecule is CCC(O)(CC)c1ccc(C(C)(C)c2ccc(OC(=O)OC(CC)(CC)c3ccc(C(C)(C)c4ccc(O)cc4)cc3)cc2)cc1. The van der Waals surface area contributed by atoms with Crippen LogP contribution in [0.15, 0.2) is 97.1 Å². The molecule has 0 radical (unpaired) electrons. The molecule has 4 rings (SSSR count). The molecule has 0 unspecified atom stereocenters. The Labute approximate surface area is 275 Å². The molecule has 0 aliphatic rings. The van der Waals surface area contributed by atoms with E-state index >= 15 is 0 Å². The van der Waals surface area contributed by atoms with Crippen molar-refractivity contribution >= 4 is 6.16 Å². The first-order chi connectivity index (χ1) is 21.7. The Bertz CT molecular complexity index is 1570. The average molecular weight is 623 g/mol. The second-order valence-electron chi connectivity index (χ2n) is 13.4. The fourth-order valence-electron chi connectivity index (χ4n) is 6.34. The highest BCUT2D eigenvalue weighted by Gasteiger charge is 2.35. The van der Waals surface area contributed by atoms with Crippen LogP contribution in [0.4, 0.5) is 4.79 Å². The van der Waals surface area contributed by atoms with Crippen molar-refractivity contribution in [2.45, 2.75) is 103 Å². The quantitative estimate of drug-likeness (QED) is 0.121. The van der Waals surface area contributed by atoms with Gasteiger partial charge >= 0.3 is 6.16 Å². The first-order valence-corrected chi connectivity index (χ1v) is 16.5. The summed E-state index contributed by atoms with van der Waals surface area (Å²) in [6.07, 6.45) is 1.79. The van der Waals surface area contributed by atoms with Gasteiger partial charge in [0.1, 0.15) is 17.1 Å². The van der Waals surface area contributed by atoms with Crippen LogP contribution in [-0.4, -0.2) is 16.4 Å². The Morgan fingerprint density at radius 1 is 0.543 bits per heavy atom. The van der Waals surface area contributed by atoms with Crippen LogP contribution in [0.25, 0.3) is 0 Å². The number of aromatic hydroxyl groups is 1. The number of rotatable bonds is 12. The van der Waals surface area contributed by atoms with E-state index in [4.69, 9.17) is 9.47 Å². The Balaban J connectivity index is 1.46. The first kappa shape index (κ1) is 34.8. The molecule has 0 heterocycles. The molecule has 0 aromatic heterocycles. The van der Waals surface area contributed by atoms with Crippen LogP contribution < -0.4 is 4.74 Å². The lowest BCUT2D eigenvalue weighted by molar-refractivity contribution is -0.0239. The molecule has 46 heavy (non-hydrogen) atoms. The average Bonchev–Trinajstić information content (AvgIpc) is 3.07. The zero-order chi connectivity index (χ0) is 33.8. The minimum atomic E-state index is -0.825. The maximum Gasteiger partial charge on any atom is 0.514 e. The molecule has 5 heteroatoms. The van der Waals surface area contributed by atoms with Gasteiger partial charge in [-0.1, -0.05) is 128 Å². The lowest BCUT2D eigenvalue weighted by Crippen LogP contribution is -2.33. The monoisotopic (exact) mass is 622 g/mol. The summed E-state index contributed by atoms with van der Waals surface area (Å²) in [6, 6.07) is 31.3. The van der Waals surface area contributed by atoms with Crippen LogP contribution in [0.2, 0.25) is 0 Å². The molecule has 0 saturated carbocycles. The molecule has 5 nitrogen and oxygen atoms in total. The van der Waals surface area contributed by atoms with Crippen molar-refractivity contribution in [1.29, 1.82) is 0 Å². The number of aliphatic hydroxyl groups is 1. The lowest BCUT2D eigenvalue weighted by Gasteiger charge is -2.33. The minimum Gasteiger partial charge on any atom is -0.508 e. The third-order valence-corrected chi connectivity index (χ3v) is 10.2. The van der Waals surface area contributed by atoms with Gasteiger partial charge < -0.3 is 19.7 Å². The third kappa shape index (κ3) is 7.00. The summed E-state index contributed by atoms with van der Waals surface area (Å²) in [7, 11) is 0. The first-order valence-electron chi connectivity index (χ1n) is 16.5. The van der Waals surface area contributed by atoms with E-state index in [2.05, 4.69) is 52.0 Å². The normalized spacial score (nSPS) is 12.5. The zero-order valence-corrected chi connectivity index (χ0v) is 28.7. The van der Waals surface area contributed by atoms with Crippen LogP contribution in [0.5, 0.6) is 11.5 Å². The van der Waals surface area contributed by atoms with Crippen molar-refractivity contribution in [3.8, 4) is 11.5 Å². The molecule has 0 bridgehead atoms. The Morgan fingerprint density at radius 3 is 1.28 bits per heavy atom. The summed E-state index contributed by atoms with van der Waals surface area (Å²) >= 11 is 0. The van der Waals surface area contributed by atoms with Crippen LogP contribution in [0.1, 0.15) is 114 Å². The maximum absolute atomic E-state index is 13.1. The van der Waals surface area contributed by atoms with Gasteiger partial charge in [-0.2, -0.15) is 0 Å². The number of phenols is 1. The fourth-order valence-corrected chi connectivity index (χ4v) is 6.34. The molecule has 0 amide bonds. The van der Waals surface area contributed by atoms with Gasteiger partial charge in [0, 0.05) is 10.8 Å². The molecular formula is C41H50O5. The second-order valence-corrected chi connectivity index (χ2v) is 13.4. The Morgan fingerprint density at radius 2 is 0.891 bits per heavy atom. The van der Waals surface area contributed by atoms with E-state index in [1.807, 2.05) is 76.2 Å². The number of hydrogen-bond donors (Lipinski definition) is 2. The largest absolute Gasteiger partial charge is 0.514 e. The predicted molar refractivity (Wildman–Crippen MR) is 186 cm³/mol. The predicted octanol–water partition coefficient (Wildman–Crippen LogP) is 10.3. The van der Waals surface area contributed by atoms with E-state index in [1.165, 1.54) is 0 Å². The molecule has 0 atom stereocenters. The minimum absolute atomic E-state index is 0.245. The smallest absolute Gasteiger partial charge is 0.508 e. The zero-order valence-electron chi connectivity index (χ0n) is 28.7. The van der Waals surface area contributed by atoms with E-state index in [1.54, 1.807) is 24.3 Å². The van der Waals surface area contributed by atoms with Gasteiger partial charge in [0.25, 0.3) is 0 Å². The Hall–Kier alpha value is -4.09. The number of phenolic OH excluding ortho intramolecular Hbond substituents is 1. The number of carbonyl (C=O) groups is 1. The van der Waals surface area contributed by atoms with Gasteiger partial charge in [0.05, 0.1) is 5.60 Å². The standard InChI is InChI=1S/C41H50O5/c1-9-40(44,10-2)33-17-13-29(14-18-33)39(7,8)32-23-27-36(28-24-32)45-37(43)46-41(11-3,12-4)34-19-15-30(16-20-34)38(5,6)31-21-25-35(42)26-22-31/h13-28,42,44H,9-12H2,1-8H3. The van der Waals surface area contributed by atoms with Crippen molar-refractivity contribution < 1.29 is 24.5 Å². The number of carbonyl (C=O) groups excluding carboxylic acids is 1. The van der Waals surface area contributed by atoms with Crippen molar-refractivity contribution in [2.75, 3.05) is 0 Å². The van der Waals surface area contributed by atoms with E-state index in [-0.39, 0.29) is 16.6 Å². The summed E-state index contributed by atoms with van der Waals surface area (Å²) in [5, 5.41) is 20.6. The number of ether oxygens (including phenoxy) is 2. The fraction of sp³-hybridized carbons (Fsp3) is 0.390. The topological polar surface area (TPSA) is 76.0 Å². The number of benzene rings is 4. The van der Waals surface area contributed by atoms with Gasteiger partial charge in [-0.05, 0) is 83.3 Å². The summed E-state index contributed by atoms with van der Waals surface area (Å²) in [4.78, 5) is 13.1. The molecule has 2 N–H and O–H groups in total. The molecule has 0 spiro atoms. The van der Waals surface area contributed by atoms with E-state index in [0.29, 0.717) is 31.4 Å². The molecule has 244 valence electrons. The molecular weight excluding hydrogens is 572 g/mol. The molecule has 0 aliphatic heterocycles. The molecule has 0 fully saturated rings. The highest BCUT2D eigenvalue weighted by molar-refractivity contribution is 5.65. The molecule has 0 saturated heterocycles. The van der Waals surface area contributed by atoms with Gasteiger partial charge in [-0.25, -0.2) is 4.79 Å². The third-order valence-electron chi connectivity index (χ3n) is 10.2. The van der Waals surface area contributed by atoms with Crippen molar-refractivity contribution in [3.63, 3.8) is 0 Å². The second kappa shape index (κ2) is 13.7. The maximum atomic E-state index is 13.1. The van der Waals surface area contributed by atoms with E-state index < -0.39 is 17.4 Å². The van der Waals surface area contributed by atoms with Crippen molar-refractivity contribution in [1.82, 2.24) is 0 Å². The Kier molecular flexibility index (Phi) is 10.4. The summed E-state index contributed by atoms with van der Waals surface area (Å²) < 4.78 is 11.7. The van der Waals surface area contributed by atoms with Crippen molar-refractivity contribution in [3.05, 3.63) is 130 Å². The van der Waals surface area contributed by atoms with Gasteiger partial charge in [0.2, 0.25) is 0 Å². The van der Waals surface area contributed by atoms with Gasteiger partial charge in [-0.3, -0.25) is 0 Å². The van der Waals surface area contributed by atoms with Crippen LogP contribution >= 0.6 is 0 Å². The summed E-state index contributed by atoms with van der Waals surface area (Å²) in [5.41, 5.74) is 4.08. The van der Waals surface area contributed by atoms with Crippen LogP contribution in [0, 0.1) is 0 Å². The molecule has 4 aromatic carbocycles. The molecule has 0 aliphatic carbocycles. The van der Waals surface area contributed by atoms with E-state index in [9.17, 15) is 15.0 Å². The number of hydrogen-bond acceptors (Lipinski definition) is 5. The summed E-state index contributed by atoms with van der Waals surface area (Å²) in [5.74, 6) is 0.664. The lowest BCUT2D eigenvalue weighted by atomic mass is 9.77. The molecule has 4 aromatic rings. The van der Waals surface area contributed by atoms with Crippen molar-refractivity contribution in [2.24, 2.45) is 0 Å². The van der Waals surface area contributed by atoms with Crippen LogP contribution in [0.3, 0.4) is 0 Å². The highest BCUT2D eigenvalue weighted by atomic mass is 16.7. The van der Waals surface area contributed by atoms with Gasteiger partial charge in [0.15, 0.2) is 0 Å². The summed E-state index contributed by atoms with van der Waals surface area (Å²) in [6.45, 7) is 16.7. The van der Waals surface area contributed by atoms with Crippen LogP contribution in [-0.2, 0) is 26.8 Å². The highest BCUT2D eigenvalue weighted by Crippen LogP contribution is 2.38. The van der Waals surface area contributed by atoms with Gasteiger partial charge in [-0.15, -0.1) is 0 Å². The van der Waals surface area contributed by atoms with E-state index in [0.717, 1.165) is 33.4 Å².